The lowest BCUT2D eigenvalue weighted by molar-refractivity contribution is 0.773. The minimum absolute atomic E-state index is 0. The first-order valence-corrected chi connectivity index (χ1v) is 5.88. The summed E-state index contributed by atoms with van der Waals surface area (Å²) in [5, 5.41) is 8.19. The van der Waals surface area contributed by atoms with Gasteiger partial charge in [-0.05, 0) is 28.1 Å². The molecule has 0 aromatic carbocycles. The van der Waals surface area contributed by atoms with Crippen LogP contribution in [0.4, 0.5) is 5.82 Å². The molecule has 0 atom stereocenters. The lowest BCUT2D eigenvalue weighted by atomic mass is 10.5. The van der Waals surface area contributed by atoms with Gasteiger partial charge in [0.15, 0.2) is 5.82 Å². The lowest BCUT2D eigenvalue weighted by Crippen LogP contribution is -2.10. The van der Waals surface area contributed by atoms with E-state index in [0.29, 0.717) is 22.1 Å². The molecule has 0 fully saturated rings. The molecule has 0 spiro atoms. The van der Waals surface area contributed by atoms with E-state index in [4.69, 9.17) is 5.73 Å². The van der Waals surface area contributed by atoms with Crippen molar-refractivity contribution in [3.8, 4) is 11.8 Å². The van der Waals surface area contributed by atoms with E-state index in [9.17, 15) is 0 Å². The van der Waals surface area contributed by atoms with Gasteiger partial charge in [-0.1, -0.05) is 0 Å². The number of rotatable bonds is 2. The van der Waals surface area contributed by atoms with Gasteiger partial charge >= 0.3 is 0 Å². The second kappa shape index (κ2) is 6.69. The van der Waals surface area contributed by atoms with Crippen molar-refractivity contribution >= 4 is 46.6 Å². The fourth-order valence-electron chi connectivity index (χ4n) is 1.48. The number of nitrogens with two attached hydrogens (primary N) is 1. The van der Waals surface area contributed by atoms with Gasteiger partial charge < -0.3 is 5.73 Å². The van der Waals surface area contributed by atoms with Gasteiger partial charge in [-0.15, -0.1) is 24.8 Å². The zero-order valence-corrected chi connectivity index (χ0v) is 13.1. The van der Waals surface area contributed by atoms with Crippen molar-refractivity contribution in [2.45, 2.75) is 0 Å². The third-order valence-electron chi connectivity index (χ3n) is 2.28. The molecule has 0 radical (unpaired) electrons. The smallest absolute Gasteiger partial charge is 0.254 e. The van der Waals surface area contributed by atoms with Crippen LogP contribution in [-0.4, -0.2) is 29.5 Å². The van der Waals surface area contributed by atoms with Crippen molar-refractivity contribution < 1.29 is 0 Å². The number of halogens is 3. The number of hydrogen-bond donors (Lipinski definition) is 1. The molecule has 0 aliphatic rings. The summed E-state index contributed by atoms with van der Waals surface area (Å²) in [4.78, 5) is 8.55. The highest BCUT2D eigenvalue weighted by Crippen LogP contribution is 2.24. The Hall–Kier alpha value is -1.64. The largest absolute Gasteiger partial charge is 0.383 e. The fraction of sp³-hybridized carbons (Fsp3) is 0. The van der Waals surface area contributed by atoms with Crippen molar-refractivity contribution in [1.29, 1.82) is 0 Å². The summed E-state index contributed by atoms with van der Waals surface area (Å²) in [5.41, 5.74) is 5.85. The Morgan fingerprint density at radius 2 is 1.55 bits per heavy atom. The van der Waals surface area contributed by atoms with Crippen LogP contribution in [0.2, 0.25) is 0 Å². The van der Waals surface area contributed by atoms with Crippen LogP contribution < -0.4 is 5.73 Å². The summed E-state index contributed by atoms with van der Waals surface area (Å²) in [5.74, 6) is 1.30. The van der Waals surface area contributed by atoms with Crippen LogP contribution in [0.3, 0.4) is 0 Å². The van der Waals surface area contributed by atoms with Crippen LogP contribution in [-0.2, 0) is 0 Å². The third-order valence-corrected chi connectivity index (χ3v) is 3.04. The van der Waals surface area contributed by atoms with E-state index in [-0.39, 0.29) is 24.8 Å². The SMILES string of the molecule is Cl.Cl.Nc1nc(-n2cccn2)nc(-n2cccn2)c1Br. The average Bonchev–Trinajstić information content (AvgIpc) is 3.03. The van der Waals surface area contributed by atoms with Crippen molar-refractivity contribution in [2.75, 3.05) is 5.73 Å². The molecule has 0 saturated heterocycles. The second-order valence-electron chi connectivity index (χ2n) is 3.45. The van der Waals surface area contributed by atoms with Crippen LogP contribution in [0.25, 0.3) is 11.8 Å². The highest BCUT2D eigenvalue weighted by molar-refractivity contribution is 9.10. The molecule has 2 N–H and O–H groups in total. The van der Waals surface area contributed by atoms with E-state index in [0.717, 1.165) is 0 Å². The average molecular weight is 379 g/mol. The Morgan fingerprint density at radius 1 is 0.950 bits per heavy atom. The molecular formula is C10H10BrCl2N7. The monoisotopic (exact) mass is 377 g/mol. The van der Waals surface area contributed by atoms with E-state index in [1.54, 1.807) is 41.6 Å². The van der Waals surface area contributed by atoms with Crippen molar-refractivity contribution in [1.82, 2.24) is 29.5 Å². The van der Waals surface area contributed by atoms with Crippen LogP contribution in [0.15, 0.2) is 41.4 Å². The van der Waals surface area contributed by atoms with Crippen molar-refractivity contribution in [3.63, 3.8) is 0 Å². The molecule has 3 aromatic heterocycles. The standard InChI is InChI=1S/C10H8BrN7.2ClH/c11-7-8(12)15-10(18-6-2-4-14-18)16-9(7)17-5-1-3-13-17;;/h1-6H,(H2,12,15,16);2*1H. The van der Waals surface area contributed by atoms with E-state index in [1.807, 2.05) is 0 Å². The molecule has 3 heterocycles. The molecule has 106 valence electrons. The van der Waals surface area contributed by atoms with Crippen molar-refractivity contribution in [2.24, 2.45) is 0 Å². The van der Waals surface area contributed by atoms with Gasteiger partial charge in [0, 0.05) is 24.8 Å². The highest BCUT2D eigenvalue weighted by Gasteiger charge is 2.13. The Bertz CT molecular complexity index is 669. The predicted molar refractivity (Wildman–Crippen MR) is 82.9 cm³/mol. The first-order chi connectivity index (χ1) is 8.75. The summed E-state index contributed by atoms with van der Waals surface area (Å²) in [6.07, 6.45) is 6.84. The van der Waals surface area contributed by atoms with Gasteiger partial charge in [-0.2, -0.15) is 20.2 Å². The quantitative estimate of drug-likeness (QED) is 0.737. The molecule has 20 heavy (non-hydrogen) atoms. The first kappa shape index (κ1) is 16.4. The molecule has 0 aliphatic heterocycles. The number of nitrogens with zero attached hydrogens (tertiary/aromatic N) is 6. The predicted octanol–water partition coefficient (Wildman–Crippen LogP) is 2.04. The Labute approximate surface area is 135 Å². The highest BCUT2D eigenvalue weighted by atomic mass is 79.9. The molecule has 0 saturated carbocycles. The lowest BCUT2D eigenvalue weighted by Gasteiger charge is -2.08. The number of nitrogen functional groups attached to an aromatic ring is 1. The van der Waals surface area contributed by atoms with Gasteiger partial charge in [-0.3, -0.25) is 0 Å². The molecule has 0 unspecified atom stereocenters. The molecule has 0 aliphatic carbocycles. The summed E-state index contributed by atoms with van der Waals surface area (Å²) >= 11 is 3.36. The Morgan fingerprint density at radius 3 is 2.10 bits per heavy atom. The van der Waals surface area contributed by atoms with Gasteiger partial charge in [0.1, 0.15) is 10.3 Å². The van der Waals surface area contributed by atoms with E-state index in [2.05, 4.69) is 36.1 Å². The van der Waals surface area contributed by atoms with Crippen LogP contribution >= 0.6 is 40.7 Å². The number of aromatic nitrogens is 6. The zero-order chi connectivity index (χ0) is 12.5. The second-order valence-corrected chi connectivity index (χ2v) is 4.24. The maximum atomic E-state index is 5.85. The van der Waals surface area contributed by atoms with Gasteiger partial charge in [0.2, 0.25) is 0 Å². The maximum Gasteiger partial charge on any atom is 0.254 e. The van der Waals surface area contributed by atoms with E-state index < -0.39 is 0 Å². The van der Waals surface area contributed by atoms with Gasteiger partial charge in [0.25, 0.3) is 5.95 Å². The van der Waals surface area contributed by atoms with Crippen molar-refractivity contribution in [3.05, 3.63) is 41.4 Å². The summed E-state index contributed by atoms with van der Waals surface area (Å²) in [6, 6.07) is 3.59. The molecular weight excluding hydrogens is 369 g/mol. The zero-order valence-electron chi connectivity index (χ0n) is 9.92. The molecule has 0 amide bonds. The number of hydrogen-bond acceptors (Lipinski definition) is 5. The van der Waals surface area contributed by atoms with E-state index in [1.165, 1.54) is 4.68 Å². The maximum absolute atomic E-state index is 5.85. The Balaban J connectivity index is 0.000001000. The number of anilines is 1. The first-order valence-electron chi connectivity index (χ1n) is 5.09. The summed E-state index contributed by atoms with van der Waals surface area (Å²) < 4.78 is 3.74. The molecule has 7 nitrogen and oxygen atoms in total. The van der Waals surface area contributed by atoms with Gasteiger partial charge in [0.05, 0.1) is 0 Å². The van der Waals surface area contributed by atoms with Gasteiger partial charge in [-0.25, -0.2) is 9.36 Å². The summed E-state index contributed by atoms with van der Waals surface area (Å²) in [7, 11) is 0. The minimum atomic E-state index is 0. The normalized spacial score (nSPS) is 9.65. The molecule has 3 aromatic rings. The van der Waals surface area contributed by atoms with Crippen LogP contribution in [0.5, 0.6) is 0 Å². The third kappa shape index (κ3) is 2.92. The summed E-state index contributed by atoms with van der Waals surface area (Å²) in [6.45, 7) is 0. The van der Waals surface area contributed by atoms with Crippen LogP contribution in [0.1, 0.15) is 0 Å². The minimum Gasteiger partial charge on any atom is -0.383 e. The van der Waals surface area contributed by atoms with E-state index >= 15 is 0 Å². The molecule has 10 heteroatoms. The fourth-order valence-corrected chi connectivity index (χ4v) is 1.83. The molecule has 0 bridgehead atoms. The molecule has 3 rings (SSSR count). The topological polar surface area (TPSA) is 87.4 Å². The van der Waals surface area contributed by atoms with Crippen LogP contribution in [0, 0.1) is 0 Å². The Kier molecular flexibility index (Phi) is 5.49.